The van der Waals surface area contributed by atoms with Gasteiger partial charge in [0.2, 0.25) is 5.91 Å². The number of aromatic amines is 1. The van der Waals surface area contributed by atoms with Gasteiger partial charge >= 0.3 is 0 Å². The Morgan fingerprint density at radius 3 is 2.53 bits per heavy atom. The summed E-state index contributed by atoms with van der Waals surface area (Å²) in [5, 5.41) is 14.3. The molecule has 2 aromatic heterocycles. The van der Waals surface area contributed by atoms with Crippen LogP contribution in [-0.2, 0) is 4.79 Å². The van der Waals surface area contributed by atoms with E-state index in [1.165, 1.54) is 6.42 Å². The fourth-order valence-electron chi connectivity index (χ4n) is 7.93. The molecule has 2 atom stereocenters. The van der Waals surface area contributed by atoms with Gasteiger partial charge in [0.1, 0.15) is 0 Å². The van der Waals surface area contributed by atoms with E-state index < -0.39 is 5.60 Å². The number of nitrogens with one attached hydrogen (secondary N) is 1. The van der Waals surface area contributed by atoms with Crippen LogP contribution in [0.25, 0.3) is 5.65 Å². The molecule has 0 spiro atoms. The van der Waals surface area contributed by atoms with Gasteiger partial charge in [-0.2, -0.15) is 0 Å². The van der Waals surface area contributed by atoms with E-state index in [-0.39, 0.29) is 16.9 Å². The third-order valence-corrected chi connectivity index (χ3v) is 9.07. The predicted octanol–water partition coefficient (Wildman–Crippen LogP) is 3.07. The molecule has 32 heavy (non-hydrogen) atoms. The number of nitrogens with zero attached hydrogens (tertiary/aromatic N) is 3. The number of aromatic nitrogens is 3. The summed E-state index contributed by atoms with van der Waals surface area (Å²) < 4.78 is 1.55. The molecule has 7 heteroatoms. The Labute approximate surface area is 188 Å². The molecule has 5 fully saturated rings. The van der Waals surface area contributed by atoms with Crippen LogP contribution in [0.4, 0.5) is 0 Å². The maximum Gasteiger partial charge on any atom is 0.275 e. The lowest BCUT2D eigenvalue weighted by atomic mass is 9.47. The molecule has 7 rings (SSSR count). The average Bonchev–Trinajstić information content (AvgIpc) is 3.14. The first-order chi connectivity index (χ1) is 15.2. The molecule has 3 heterocycles. The lowest BCUT2D eigenvalue weighted by molar-refractivity contribution is -0.172. The van der Waals surface area contributed by atoms with Crippen LogP contribution in [0.2, 0.25) is 0 Å². The Hall–Kier alpha value is -2.15. The molecule has 0 radical (unpaired) electrons. The lowest BCUT2D eigenvalue weighted by Crippen LogP contribution is -2.56. The van der Waals surface area contributed by atoms with Crippen LogP contribution < -0.4 is 5.56 Å². The number of carbonyl (C=O) groups excluding carboxylic acids is 1. The van der Waals surface area contributed by atoms with Crippen molar-refractivity contribution >= 4 is 11.6 Å². The van der Waals surface area contributed by atoms with Crippen LogP contribution in [0.3, 0.4) is 0 Å². The zero-order chi connectivity index (χ0) is 22.3. The van der Waals surface area contributed by atoms with Crippen LogP contribution in [-0.4, -0.2) is 49.2 Å². The van der Waals surface area contributed by atoms with E-state index in [9.17, 15) is 14.7 Å². The molecule has 4 saturated carbocycles. The van der Waals surface area contributed by atoms with Gasteiger partial charge in [0.15, 0.2) is 5.65 Å². The Bertz CT molecular complexity index is 1130. The lowest BCUT2D eigenvalue weighted by Gasteiger charge is -2.60. The van der Waals surface area contributed by atoms with Gasteiger partial charge < -0.3 is 10.0 Å². The van der Waals surface area contributed by atoms with E-state index in [0.29, 0.717) is 35.4 Å². The van der Waals surface area contributed by atoms with Crippen molar-refractivity contribution in [2.75, 3.05) is 13.1 Å². The number of likely N-dealkylation sites (tertiary alicyclic amines) is 1. The molecule has 1 amide bonds. The molecule has 4 bridgehead atoms. The van der Waals surface area contributed by atoms with Crippen LogP contribution in [0.15, 0.2) is 10.9 Å². The summed E-state index contributed by atoms with van der Waals surface area (Å²) >= 11 is 0. The number of carbonyl (C=O) groups is 1. The summed E-state index contributed by atoms with van der Waals surface area (Å²) in [6.45, 7) is 5.19. The number of aryl methyl sites for hydroxylation is 1. The van der Waals surface area contributed by atoms with E-state index in [1.54, 1.807) is 4.52 Å². The van der Waals surface area contributed by atoms with Crippen molar-refractivity contribution < 1.29 is 9.90 Å². The smallest absolute Gasteiger partial charge is 0.275 e. The van der Waals surface area contributed by atoms with Crippen molar-refractivity contribution in [2.45, 2.75) is 83.2 Å². The van der Waals surface area contributed by atoms with Gasteiger partial charge in [0.05, 0.1) is 5.60 Å². The summed E-state index contributed by atoms with van der Waals surface area (Å²) in [6.07, 6.45) is 8.64. The highest BCUT2D eigenvalue weighted by Gasteiger charge is 2.57. The third-order valence-electron chi connectivity index (χ3n) is 9.07. The van der Waals surface area contributed by atoms with E-state index in [2.05, 4.69) is 10.1 Å². The van der Waals surface area contributed by atoms with Gasteiger partial charge in [-0.25, -0.2) is 9.50 Å². The first kappa shape index (κ1) is 20.5. The monoisotopic (exact) mass is 438 g/mol. The number of amides is 1. The number of piperidine rings is 1. The van der Waals surface area contributed by atoms with Gasteiger partial charge in [-0.15, -0.1) is 0 Å². The number of H-pyrrole nitrogens is 1. The molecule has 7 nitrogen and oxygen atoms in total. The summed E-state index contributed by atoms with van der Waals surface area (Å²) in [5.41, 5.74) is 2.65. The molecular formula is C25H34N4O3. The van der Waals surface area contributed by atoms with Crippen molar-refractivity contribution in [2.24, 2.45) is 17.3 Å². The second kappa shape index (κ2) is 6.92. The maximum absolute atomic E-state index is 13.3. The second-order valence-electron chi connectivity index (χ2n) is 11.5. The number of aliphatic hydroxyl groups is 1. The van der Waals surface area contributed by atoms with Crippen molar-refractivity contribution in [3.63, 3.8) is 0 Å². The number of hydrogen-bond acceptors (Lipinski definition) is 4. The summed E-state index contributed by atoms with van der Waals surface area (Å²) in [5.74, 6) is 1.81. The van der Waals surface area contributed by atoms with Crippen molar-refractivity contribution in [1.82, 2.24) is 19.5 Å². The van der Waals surface area contributed by atoms with Gasteiger partial charge in [-0.1, -0.05) is 0 Å². The Morgan fingerprint density at radius 2 is 1.88 bits per heavy atom. The van der Waals surface area contributed by atoms with Crippen molar-refractivity contribution in [3.8, 4) is 0 Å². The molecule has 5 aliphatic rings. The minimum atomic E-state index is -0.504. The quantitative estimate of drug-likeness (QED) is 0.771. The molecule has 4 aliphatic carbocycles. The largest absolute Gasteiger partial charge is 0.390 e. The number of hydrogen-bond donors (Lipinski definition) is 2. The Morgan fingerprint density at radius 1 is 1.19 bits per heavy atom. The van der Waals surface area contributed by atoms with Crippen LogP contribution in [0, 0.1) is 31.1 Å². The van der Waals surface area contributed by atoms with Crippen LogP contribution >= 0.6 is 0 Å². The summed E-state index contributed by atoms with van der Waals surface area (Å²) in [7, 11) is 0. The molecule has 1 aliphatic heterocycles. The molecule has 0 aromatic carbocycles. The molecule has 2 unspecified atom stereocenters. The minimum Gasteiger partial charge on any atom is -0.390 e. The van der Waals surface area contributed by atoms with Gasteiger partial charge in [0.25, 0.3) is 5.56 Å². The topological polar surface area (TPSA) is 90.7 Å². The highest BCUT2D eigenvalue weighted by atomic mass is 16.3. The first-order valence-electron chi connectivity index (χ1n) is 12.3. The molecule has 172 valence electrons. The van der Waals surface area contributed by atoms with Crippen molar-refractivity contribution in [3.05, 3.63) is 33.4 Å². The van der Waals surface area contributed by atoms with E-state index in [1.807, 2.05) is 24.8 Å². The van der Waals surface area contributed by atoms with Gasteiger partial charge in [-0.3, -0.25) is 14.7 Å². The van der Waals surface area contributed by atoms with Crippen LogP contribution in [0.5, 0.6) is 0 Å². The predicted molar refractivity (Wildman–Crippen MR) is 121 cm³/mol. The summed E-state index contributed by atoms with van der Waals surface area (Å²) in [6, 6.07) is 1.99. The van der Waals surface area contributed by atoms with Gasteiger partial charge in [0, 0.05) is 48.4 Å². The zero-order valence-corrected chi connectivity index (χ0v) is 19.2. The SMILES string of the molecule is Cc1nc2cc(C3CCN(C(=O)CC45CC6CC(CC(O)(C6)C4)C5)CC3)[nH]n2c(=O)c1C. The molecule has 2 N–H and O–H groups in total. The fourth-order valence-corrected chi connectivity index (χ4v) is 7.93. The first-order valence-corrected chi connectivity index (χ1v) is 12.3. The maximum atomic E-state index is 13.3. The molecule has 1 saturated heterocycles. The standard InChI is InChI=1S/C25H34N4O3/c1-15-16(2)26-21-8-20(27-29(21)23(15)31)19-3-5-28(6-4-19)22(30)13-24-9-17-7-18(10-24)12-25(32,11-17)14-24/h8,17-19,27,32H,3-7,9-14H2,1-2H3. The number of rotatable bonds is 3. The van der Waals surface area contributed by atoms with Crippen molar-refractivity contribution in [1.29, 1.82) is 0 Å². The Kier molecular flexibility index (Phi) is 4.43. The fraction of sp³-hybridized carbons (Fsp3) is 0.720. The average molecular weight is 439 g/mol. The van der Waals surface area contributed by atoms with E-state index in [4.69, 9.17) is 0 Å². The van der Waals surface area contributed by atoms with Gasteiger partial charge in [-0.05, 0) is 82.5 Å². The Balaban J connectivity index is 1.13. The molecular weight excluding hydrogens is 404 g/mol. The normalized spacial score (nSPS) is 34.5. The highest BCUT2D eigenvalue weighted by molar-refractivity contribution is 5.77. The van der Waals surface area contributed by atoms with E-state index in [0.717, 1.165) is 69.4 Å². The third kappa shape index (κ3) is 3.23. The highest BCUT2D eigenvalue weighted by Crippen LogP contribution is 2.63. The zero-order valence-electron chi connectivity index (χ0n) is 19.2. The minimum absolute atomic E-state index is 0.0342. The summed E-state index contributed by atoms with van der Waals surface area (Å²) in [4.78, 5) is 32.4. The molecule has 2 aromatic rings. The number of fused-ring (bicyclic) bond motifs is 1. The second-order valence-corrected chi connectivity index (χ2v) is 11.5. The van der Waals surface area contributed by atoms with E-state index >= 15 is 0 Å². The van der Waals surface area contributed by atoms with Crippen LogP contribution in [0.1, 0.15) is 80.7 Å².